The third kappa shape index (κ3) is 9.65. The molecule has 0 amide bonds. The molecule has 0 unspecified atom stereocenters. The van der Waals surface area contributed by atoms with Crippen LogP contribution in [-0.4, -0.2) is 17.2 Å². The lowest BCUT2D eigenvalue weighted by Crippen LogP contribution is -2.34. The minimum absolute atomic E-state index is 0. The first-order valence-corrected chi connectivity index (χ1v) is 17.6. The zero-order valence-electron chi connectivity index (χ0n) is 20.9. The van der Waals surface area contributed by atoms with Gasteiger partial charge >= 0.3 is 7.12 Å². The molecule has 0 radical (unpaired) electrons. The molecule has 2 N–H and O–H groups in total. The molecule has 37 heavy (non-hydrogen) atoms. The number of hydrogen-bond donors (Lipinski definition) is 2. The molecule has 3 aromatic carbocycles. The van der Waals surface area contributed by atoms with Crippen molar-refractivity contribution in [1.29, 1.82) is 0 Å². The second kappa shape index (κ2) is 17.6. The van der Waals surface area contributed by atoms with Crippen molar-refractivity contribution in [2.75, 3.05) is 0 Å². The summed E-state index contributed by atoms with van der Waals surface area (Å²) in [4.78, 5) is 0. The van der Waals surface area contributed by atoms with Crippen molar-refractivity contribution in [3.8, 4) is 0 Å². The summed E-state index contributed by atoms with van der Waals surface area (Å²) in [7, 11) is -1.31. The normalized spacial score (nSPS) is 14.7. The number of hydrogen-bond acceptors (Lipinski definition) is 2. The highest BCUT2D eigenvalue weighted by atomic mass is 80.9. The Balaban J connectivity index is 0.000000188. The van der Waals surface area contributed by atoms with E-state index in [1.165, 1.54) is 67.8 Å². The second-order valence-corrected chi connectivity index (χ2v) is 10.5. The molecule has 0 atom stereocenters. The minimum Gasteiger partial charge on any atom is -0.423 e. The minimum atomic E-state index is -1.31. The fourth-order valence-corrected chi connectivity index (χ4v) is 6.07. The van der Waals surface area contributed by atoms with E-state index in [1.807, 2.05) is 6.07 Å². The molecule has 6 heteroatoms. The molecule has 0 fully saturated rings. The van der Waals surface area contributed by atoms with Crippen LogP contribution in [0.15, 0.2) is 65.1 Å². The molecule has 200 valence electrons. The topological polar surface area (TPSA) is 40.5 Å². The van der Waals surface area contributed by atoms with Gasteiger partial charge in [0.2, 0.25) is 0 Å². The average molecular weight is 695 g/mol. The molecule has 2 nitrogen and oxygen atoms in total. The van der Waals surface area contributed by atoms with Crippen molar-refractivity contribution in [2.45, 2.75) is 84.5 Å². The third-order valence-corrected chi connectivity index (χ3v) is 8.05. The fraction of sp³-hybridized carbons (Fsp3) is 0.419. The van der Waals surface area contributed by atoms with E-state index in [4.69, 9.17) is 10.0 Å². The van der Waals surface area contributed by atoms with Gasteiger partial charge in [-0.1, -0.05) is 78.0 Å². The average Bonchev–Trinajstić information content (AvgIpc) is 2.95. The van der Waals surface area contributed by atoms with Crippen molar-refractivity contribution in [1.82, 2.24) is 0 Å². The molecule has 3 aromatic rings. The van der Waals surface area contributed by atoms with Crippen molar-refractivity contribution in [3.05, 3.63) is 98.5 Å². The van der Waals surface area contributed by atoms with E-state index in [0.29, 0.717) is 5.46 Å². The zero-order valence-corrected chi connectivity index (χ0v) is 25.6. The third-order valence-electron chi connectivity index (χ3n) is 7.31. The number of aryl methyl sites for hydroxylation is 4. The summed E-state index contributed by atoms with van der Waals surface area (Å²) in [6, 6.07) is 21.1. The highest BCUT2D eigenvalue weighted by Crippen LogP contribution is 2.27. The highest BCUT2D eigenvalue weighted by Gasteiger charge is 2.19. The fourth-order valence-electron chi connectivity index (χ4n) is 5.46. The first-order chi connectivity index (χ1) is 17.6. The first kappa shape index (κ1) is 32.3. The lowest BCUT2D eigenvalue weighted by molar-refractivity contribution is 0.425. The summed E-state index contributed by atoms with van der Waals surface area (Å²) >= 11 is 9.08. The van der Waals surface area contributed by atoms with Gasteiger partial charge in [-0.15, -0.1) is 0 Å². The number of halogens is 3. The molecule has 0 bridgehead atoms. The van der Waals surface area contributed by atoms with Crippen LogP contribution >= 0.6 is 44.2 Å². The predicted octanol–water partition coefficient (Wildman–Crippen LogP) is 8.47. The van der Waals surface area contributed by atoms with Gasteiger partial charge in [-0.05, 0) is 122 Å². The predicted molar refractivity (Wildman–Crippen MR) is 171 cm³/mol. The maximum absolute atomic E-state index is 9.14. The largest absolute Gasteiger partial charge is 0.488 e. The van der Waals surface area contributed by atoms with Crippen molar-refractivity contribution >= 4 is 56.8 Å². The second-order valence-electron chi connectivity index (χ2n) is 9.63. The van der Waals surface area contributed by atoms with Gasteiger partial charge < -0.3 is 10.0 Å². The van der Waals surface area contributed by atoms with Crippen molar-refractivity contribution in [2.24, 2.45) is 0 Å². The summed E-state index contributed by atoms with van der Waals surface area (Å²) in [5, 5.41) is 18.3. The van der Waals surface area contributed by atoms with E-state index in [9.17, 15) is 0 Å². The molecule has 0 saturated carbocycles. The quantitative estimate of drug-likeness (QED) is 0.251. The summed E-state index contributed by atoms with van der Waals surface area (Å²) < 4.78 is 1.30. The molecule has 0 aromatic heterocycles. The summed E-state index contributed by atoms with van der Waals surface area (Å²) in [6.45, 7) is 0. The van der Waals surface area contributed by atoms with Crippen LogP contribution in [0.3, 0.4) is 0 Å². The van der Waals surface area contributed by atoms with Crippen LogP contribution in [0.25, 0.3) is 0 Å². The molecule has 0 saturated heterocycles. The molecule has 6 rings (SSSR count). The van der Waals surface area contributed by atoms with Gasteiger partial charge in [0, 0.05) is 32.7 Å². The molecular weight excluding hydrogens is 655 g/mol. The van der Waals surface area contributed by atoms with Crippen molar-refractivity contribution in [3.63, 3.8) is 0 Å². The molecule has 0 heterocycles. The van der Waals surface area contributed by atoms with Crippen LogP contribution < -0.4 is 5.46 Å². The number of fused-ring (bicyclic) bond motifs is 3. The summed E-state index contributed by atoms with van der Waals surface area (Å²) in [6.07, 6.45) is 15.1. The van der Waals surface area contributed by atoms with Gasteiger partial charge in [0.1, 0.15) is 0 Å². The smallest absolute Gasteiger partial charge is 0.423 e. The summed E-state index contributed by atoms with van der Waals surface area (Å²) in [5.41, 5.74) is 9.38. The van der Waals surface area contributed by atoms with Gasteiger partial charge in [-0.3, -0.25) is 0 Å². The monoisotopic (exact) mass is 692 g/mol. The van der Waals surface area contributed by atoms with Crippen molar-refractivity contribution < 1.29 is 10.0 Å². The highest BCUT2D eigenvalue weighted by molar-refractivity contribution is 9.93. The summed E-state index contributed by atoms with van der Waals surface area (Å²) in [5.74, 6) is 0. The van der Waals surface area contributed by atoms with Gasteiger partial charge in [0.15, 0.2) is 0 Å². The maximum atomic E-state index is 9.14. The Hall–Kier alpha value is -0.915. The van der Waals surface area contributed by atoms with Crippen LogP contribution in [-0.2, 0) is 38.5 Å². The lowest BCUT2D eigenvalue weighted by Gasteiger charge is -2.18. The number of rotatable bonds is 1. The lowest BCUT2D eigenvalue weighted by atomic mass is 9.72. The SMILES string of the molecule is BrBr.Brc1cccc2c1CCCC2.C.OB(O)c1cccc2c1CCCC2.c1ccc2c(c1)CCCC2. The van der Waals surface area contributed by atoms with Crippen LogP contribution in [0.1, 0.15) is 79.3 Å². The molecule has 0 spiro atoms. The van der Waals surface area contributed by atoms with Gasteiger partial charge in [-0.2, -0.15) is 0 Å². The molecular formula is C31H40BBr3O2. The van der Waals surface area contributed by atoms with Gasteiger partial charge in [0.25, 0.3) is 0 Å². The Kier molecular flexibility index (Phi) is 15.4. The Morgan fingerprint density at radius 1 is 0.514 bits per heavy atom. The van der Waals surface area contributed by atoms with E-state index in [2.05, 4.69) is 92.7 Å². The van der Waals surface area contributed by atoms with E-state index < -0.39 is 7.12 Å². The van der Waals surface area contributed by atoms with E-state index in [0.717, 1.165) is 24.8 Å². The van der Waals surface area contributed by atoms with E-state index >= 15 is 0 Å². The van der Waals surface area contributed by atoms with E-state index in [1.54, 1.807) is 28.3 Å². The molecule has 0 aliphatic heterocycles. The number of benzene rings is 3. The zero-order chi connectivity index (χ0) is 25.8. The van der Waals surface area contributed by atoms with Crippen LogP contribution in [0.2, 0.25) is 0 Å². The van der Waals surface area contributed by atoms with Crippen LogP contribution in [0.5, 0.6) is 0 Å². The van der Waals surface area contributed by atoms with E-state index in [-0.39, 0.29) is 7.43 Å². The maximum Gasteiger partial charge on any atom is 0.488 e. The standard InChI is InChI=1S/C10H13BO2.C10H11Br.C10H12.CH4.Br2/c12-11(13)10-7-3-5-8-4-1-2-6-9(8)10;11-10-7-3-5-8-4-1-2-6-9(8)10;1-2-6-10-8-4-3-7-9(10)5-1;;1-2/h3,5,7,12-13H,1-2,4,6H2;3,5,7H,1-2,4,6H2;1-2,5-6H,3-4,7-8H2;1H4;. The Morgan fingerprint density at radius 3 is 1.43 bits per heavy atom. The van der Waals surface area contributed by atoms with Crippen LogP contribution in [0, 0.1) is 0 Å². The van der Waals surface area contributed by atoms with Gasteiger partial charge in [0.05, 0.1) is 0 Å². The molecule has 3 aliphatic rings. The van der Waals surface area contributed by atoms with Gasteiger partial charge in [-0.25, -0.2) is 0 Å². The first-order valence-electron chi connectivity index (χ1n) is 13.1. The molecule has 3 aliphatic carbocycles. The Bertz CT molecular complexity index is 1060. The Labute approximate surface area is 248 Å². The Morgan fingerprint density at radius 2 is 0.919 bits per heavy atom. The van der Waals surface area contributed by atoms with Crippen LogP contribution in [0.4, 0.5) is 0 Å².